The Bertz CT molecular complexity index is 451. The van der Waals surface area contributed by atoms with Crippen molar-refractivity contribution in [2.75, 3.05) is 11.9 Å². The molecule has 80 valence electrons. The molecule has 0 saturated carbocycles. The molecule has 0 aliphatic rings. The highest BCUT2D eigenvalue weighted by atomic mass is 15.1. The zero-order valence-electron chi connectivity index (χ0n) is 9.46. The van der Waals surface area contributed by atoms with Crippen molar-refractivity contribution in [2.24, 2.45) is 5.41 Å². The van der Waals surface area contributed by atoms with Gasteiger partial charge in [-0.15, -0.1) is 0 Å². The lowest BCUT2D eigenvalue weighted by Gasteiger charge is -2.19. The minimum absolute atomic E-state index is 0.280. The van der Waals surface area contributed by atoms with Gasteiger partial charge in [-0.2, -0.15) is 5.10 Å². The first-order valence-corrected chi connectivity index (χ1v) is 5.22. The molecule has 0 amide bonds. The molecule has 2 rings (SSSR count). The van der Waals surface area contributed by atoms with Crippen molar-refractivity contribution in [2.45, 2.75) is 20.8 Å². The minimum Gasteiger partial charge on any atom is -0.383 e. The number of rotatable bonds is 2. The van der Waals surface area contributed by atoms with E-state index >= 15 is 0 Å². The second-order valence-electron chi connectivity index (χ2n) is 5.05. The molecule has 2 N–H and O–H groups in total. The van der Waals surface area contributed by atoms with Gasteiger partial charge in [0.05, 0.1) is 17.4 Å². The van der Waals surface area contributed by atoms with Crippen molar-refractivity contribution in [3.63, 3.8) is 0 Å². The van der Waals surface area contributed by atoms with Crippen LogP contribution in [0.4, 0.5) is 5.69 Å². The summed E-state index contributed by atoms with van der Waals surface area (Å²) in [5, 5.41) is 11.6. The highest BCUT2D eigenvalue weighted by Gasteiger charge is 2.10. The van der Waals surface area contributed by atoms with Gasteiger partial charge in [-0.05, 0) is 11.5 Å². The van der Waals surface area contributed by atoms with E-state index in [4.69, 9.17) is 0 Å². The van der Waals surface area contributed by atoms with Crippen LogP contribution in [0.2, 0.25) is 0 Å². The van der Waals surface area contributed by atoms with Gasteiger partial charge in [0.2, 0.25) is 0 Å². The largest absolute Gasteiger partial charge is 0.383 e. The second kappa shape index (κ2) is 3.57. The fourth-order valence-corrected chi connectivity index (χ4v) is 1.48. The number of nitrogens with one attached hydrogen (secondary N) is 2. The summed E-state index contributed by atoms with van der Waals surface area (Å²) in [5.74, 6) is 0. The Hall–Kier alpha value is -1.51. The van der Waals surface area contributed by atoms with E-state index in [1.54, 1.807) is 0 Å². The van der Waals surface area contributed by atoms with E-state index in [1.807, 2.05) is 12.3 Å². The Morgan fingerprint density at radius 2 is 2.13 bits per heavy atom. The van der Waals surface area contributed by atoms with Crippen molar-refractivity contribution < 1.29 is 0 Å². The molecule has 0 atom stereocenters. The third kappa shape index (κ3) is 2.29. The third-order valence-corrected chi connectivity index (χ3v) is 2.29. The molecule has 0 aliphatic carbocycles. The molecule has 0 unspecified atom stereocenters. The third-order valence-electron chi connectivity index (χ3n) is 2.29. The number of aromatic amines is 1. The normalized spacial score (nSPS) is 11.9. The average Bonchev–Trinajstić information content (AvgIpc) is 2.61. The second-order valence-corrected chi connectivity index (χ2v) is 5.05. The fraction of sp³-hybridized carbons (Fsp3) is 0.417. The van der Waals surface area contributed by atoms with Gasteiger partial charge >= 0.3 is 0 Å². The van der Waals surface area contributed by atoms with Crippen LogP contribution in [0.25, 0.3) is 10.9 Å². The van der Waals surface area contributed by atoms with E-state index < -0.39 is 0 Å². The Morgan fingerprint density at radius 1 is 1.33 bits per heavy atom. The van der Waals surface area contributed by atoms with Crippen molar-refractivity contribution in [1.29, 1.82) is 0 Å². The molecule has 0 aliphatic heterocycles. The van der Waals surface area contributed by atoms with E-state index in [9.17, 15) is 0 Å². The predicted octanol–water partition coefficient (Wildman–Crippen LogP) is 3.02. The maximum atomic E-state index is 4.04. The highest BCUT2D eigenvalue weighted by molar-refractivity contribution is 5.89. The molecule has 2 aromatic rings. The number of H-pyrrole nitrogens is 1. The maximum Gasteiger partial charge on any atom is 0.0881 e. The Balaban J connectivity index is 2.24. The number of benzene rings is 1. The maximum absolute atomic E-state index is 4.04. The van der Waals surface area contributed by atoms with Crippen LogP contribution in [0.5, 0.6) is 0 Å². The van der Waals surface area contributed by atoms with E-state index in [2.05, 4.69) is 48.4 Å². The molecule has 1 aromatic carbocycles. The lowest BCUT2D eigenvalue weighted by Crippen LogP contribution is -2.19. The first-order valence-electron chi connectivity index (χ1n) is 5.22. The number of nitrogens with zero attached hydrogens (tertiary/aromatic N) is 1. The topological polar surface area (TPSA) is 40.7 Å². The summed E-state index contributed by atoms with van der Waals surface area (Å²) >= 11 is 0. The van der Waals surface area contributed by atoms with Crippen LogP contribution in [0.15, 0.2) is 24.4 Å². The number of para-hydroxylation sites is 1. The van der Waals surface area contributed by atoms with Gasteiger partial charge in [-0.3, -0.25) is 5.10 Å². The molecule has 0 bridgehead atoms. The average molecular weight is 203 g/mol. The summed E-state index contributed by atoms with van der Waals surface area (Å²) in [6, 6.07) is 6.18. The van der Waals surface area contributed by atoms with Gasteiger partial charge in [0.25, 0.3) is 0 Å². The fourth-order valence-electron chi connectivity index (χ4n) is 1.48. The van der Waals surface area contributed by atoms with E-state index in [1.165, 1.54) is 0 Å². The number of fused-ring (bicyclic) bond motifs is 1. The molecule has 3 heteroatoms. The Kier molecular flexibility index (Phi) is 2.39. The van der Waals surface area contributed by atoms with Crippen LogP contribution >= 0.6 is 0 Å². The van der Waals surface area contributed by atoms with Crippen LogP contribution in [0.1, 0.15) is 20.8 Å². The minimum atomic E-state index is 0.280. The molecular weight excluding hydrogens is 186 g/mol. The summed E-state index contributed by atoms with van der Waals surface area (Å²) in [7, 11) is 0. The molecule has 0 spiro atoms. The molecular formula is C12H17N3. The number of hydrogen-bond acceptors (Lipinski definition) is 2. The van der Waals surface area contributed by atoms with Crippen molar-refractivity contribution >= 4 is 16.6 Å². The Labute approximate surface area is 89.9 Å². The van der Waals surface area contributed by atoms with Crippen LogP contribution in [0.3, 0.4) is 0 Å². The van der Waals surface area contributed by atoms with Crippen molar-refractivity contribution in [3.8, 4) is 0 Å². The smallest absolute Gasteiger partial charge is 0.0881 e. The predicted molar refractivity (Wildman–Crippen MR) is 64.0 cm³/mol. The molecule has 1 aromatic heterocycles. The van der Waals surface area contributed by atoms with Gasteiger partial charge < -0.3 is 5.32 Å². The quantitative estimate of drug-likeness (QED) is 0.787. The van der Waals surface area contributed by atoms with Gasteiger partial charge in [-0.1, -0.05) is 32.9 Å². The number of aromatic nitrogens is 2. The van der Waals surface area contributed by atoms with Crippen molar-refractivity contribution in [3.05, 3.63) is 24.4 Å². The number of anilines is 1. The first kappa shape index (κ1) is 10.0. The monoisotopic (exact) mass is 203 g/mol. The van der Waals surface area contributed by atoms with Crippen molar-refractivity contribution in [1.82, 2.24) is 10.2 Å². The lowest BCUT2D eigenvalue weighted by atomic mass is 9.97. The van der Waals surface area contributed by atoms with E-state index in [0.29, 0.717) is 0 Å². The van der Waals surface area contributed by atoms with Gasteiger partial charge in [0, 0.05) is 11.9 Å². The SMILES string of the molecule is CC(C)(C)CNc1cccc2cn[nH]c12. The molecule has 0 saturated heterocycles. The summed E-state index contributed by atoms with van der Waals surface area (Å²) in [6.45, 7) is 7.60. The first-order chi connectivity index (χ1) is 7.06. The van der Waals surface area contributed by atoms with E-state index in [-0.39, 0.29) is 5.41 Å². The summed E-state index contributed by atoms with van der Waals surface area (Å²) < 4.78 is 0. The molecule has 0 fully saturated rings. The van der Waals surface area contributed by atoms with Crippen LogP contribution < -0.4 is 5.32 Å². The van der Waals surface area contributed by atoms with Crippen LogP contribution in [-0.4, -0.2) is 16.7 Å². The zero-order chi connectivity index (χ0) is 10.9. The summed E-state index contributed by atoms with van der Waals surface area (Å²) in [5.41, 5.74) is 2.49. The lowest BCUT2D eigenvalue weighted by molar-refractivity contribution is 0.443. The van der Waals surface area contributed by atoms with Gasteiger partial charge in [0.1, 0.15) is 0 Å². The van der Waals surface area contributed by atoms with Gasteiger partial charge in [0.15, 0.2) is 0 Å². The van der Waals surface area contributed by atoms with E-state index in [0.717, 1.165) is 23.1 Å². The molecule has 3 nitrogen and oxygen atoms in total. The van der Waals surface area contributed by atoms with Crippen LogP contribution in [-0.2, 0) is 0 Å². The Morgan fingerprint density at radius 3 is 2.87 bits per heavy atom. The standard InChI is InChI=1S/C12H17N3/c1-12(2,3)8-13-10-6-4-5-9-7-14-15-11(9)10/h4-7,13H,8H2,1-3H3,(H,14,15). The van der Waals surface area contributed by atoms with Crippen LogP contribution in [0, 0.1) is 5.41 Å². The zero-order valence-corrected chi connectivity index (χ0v) is 9.46. The molecule has 15 heavy (non-hydrogen) atoms. The molecule has 1 heterocycles. The highest BCUT2D eigenvalue weighted by Crippen LogP contribution is 2.22. The molecule has 0 radical (unpaired) electrons. The summed E-state index contributed by atoms with van der Waals surface area (Å²) in [6.07, 6.45) is 1.84. The van der Waals surface area contributed by atoms with Gasteiger partial charge in [-0.25, -0.2) is 0 Å². The number of hydrogen-bond donors (Lipinski definition) is 2. The summed E-state index contributed by atoms with van der Waals surface area (Å²) in [4.78, 5) is 0.